The van der Waals surface area contributed by atoms with Crippen LogP contribution in [-0.2, 0) is 21.6 Å². The number of hydrogen-bond donors (Lipinski definition) is 0. The van der Waals surface area contributed by atoms with Gasteiger partial charge in [-0.05, 0) is 19.1 Å². The number of halogens is 7. The van der Waals surface area contributed by atoms with E-state index in [0.29, 0.717) is 12.4 Å². The fraction of sp³-hybridized carbons (Fsp3) is 0.316. The van der Waals surface area contributed by atoms with E-state index in [0.717, 1.165) is 0 Å². The number of ether oxygens (including phenoxy) is 2. The largest absolute Gasteiger partial charge is 0.494 e. The molecule has 1 aliphatic rings. The van der Waals surface area contributed by atoms with Crippen molar-refractivity contribution in [2.45, 2.75) is 31.3 Å². The zero-order valence-electron chi connectivity index (χ0n) is 14.8. The Morgan fingerprint density at radius 2 is 1.41 bits per heavy atom. The molecule has 2 aromatic rings. The highest BCUT2D eigenvalue weighted by Crippen LogP contribution is 2.62. The van der Waals surface area contributed by atoms with Crippen LogP contribution in [-0.4, -0.2) is 18.5 Å². The van der Waals surface area contributed by atoms with Gasteiger partial charge in [0.1, 0.15) is 5.75 Å². The van der Waals surface area contributed by atoms with Crippen LogP contribution < -0.4 is 4.74 Å². The second-order valence-electron chi connectivity index (χ2n) is 6.36. The van der Waals surface area contributed by atoms with Gasteiger partial charge in [0.2, 0.25) is 11.4 Å². The molecule has 156 valence electrons. The number of hydrogen-bond acceptors (Lipinski definition) is 3. The van der Waals surface area contributed by atoms with Crippen LogP contribution in [0.5, 0.6) is 5.75 Å². The average molecular weight is 422 g/mol. The van der Waals surface area contributed by atoms with Crippen molar-refractivity contribution in [2.24, 2.45) is 0 Å². The fourth-order valence-corrected chi connectivity index (χ4v) is 2.92. The van der Waals surface area contributed by atoms with Crippen LogP contribution >= 0.6 is 0 Å². The van der Waals surface area contributed by atoms with Crippen LogP contribution in [0.25, 0.3) is 0 Å². The Kier molecular flexibility index (Phi) is 5.22. The Morgan fingerprint density at radius 1 is 0.931 bits per heavy atom. The molecule has 2 aromatic carbocycles. The van der Waals surface area contributed by atoms with E-state index in [9.17, 15) is 35.5 Å². The molecule has 10 heteroatoms. The van der Waals surface area contributed by atoms with E-state index in [1.165, 1.54) is 24.3 Å². The number of benzene rings is 2. The van der Waals surface area contributed by atoms with Crippen molar-refractivity contribution in [2.75, 3.05) is 6.61 Å². The van der Waals surface area contributed by atoms with Gasteiger partial charge in [-0.25, -0.2) is 30.7 Å². The van der Waals surface area contributed by atoms with Gasteiger partial charge in [-0.3, -0.25) is 4.79 Å². The number of carbonyl (C=O) groups excluding carboxylic acids is 1. The van der Waals surface area contributed by atoms with E-state index in [-0.39, 0.29) is 5.56 Å². The fourth-order valence-electron chi connectivity index (χ4n) is 2.92. The summed E-state index contributed by atoms with van der Waals surface area (Å²) in [6.07, 6.45) is -2.31. The first kappa shape index (κ1) is 20.9. The molecule has 1 fully saturated rings. The topological polar surface area (TPSA) is 35.5 Å². The standard InChI is InChI=1S/C19H13F7O3/c1-2-28-10-5-3-9(4-6-10)18(8-19(18,25)26)29-12(27)7-11-13(20)15(22)17(24)16(23)14(11)21/h3-6H,2,7-8H2,1H3. The van der Waals surface area contributed by atoms with E-state index in [1.54, 1.807) is 6.92 Å². The summed E-state index contributed by atoms with van der Waals surface area (Å²) in [5, 5.41) is 0. The normalized spacial score (nSPS) is 19.7. The van der Waals surface area contributed by atoms with Gasteiger partial charge in [-0.1, -0.05) is 12.1 Å². The van der Waals surface area contributed by atoms with Gasteiger partial charge in [0, 0.05) is 11.1 Å². The first-order valence-corrected chi connectivity index (χ1v) is 8.37. The molecular formula is C19H13F7O3. The lowest BCUT2D eigenvalue weighted by Gasteiger charge is -2.19. The monoisotopic (exact) mass is 422 g/mol. The summed E-state index contributed by atoms with van der Waals surface area (Å²) in [5.41, 5.74) is -3.95. The highest BCUT2D eigenvalue weighted by Gasteiger charge is 2.76. The first-order chi connectivity index (χ1) is 13.5. The lowest BCUT2D eigenvalue weighted by molar-refractivity contribution is -0.158. The SMILES string of the molecule is CCOc1ccc(C2(OC(=O)Cc3c(F)c(F)c(F)c(F)c3F)CC2(F)F)cc1. The minimum absolute atomic E-state index is 0.100. The smallest absolute Gasteiger partial charge is 0.311 e. The van der Waals surface area contributed by atoms with Crippen molar-refractivity contribution in [3.63, 3.8) is 0 Å². The van der Waals surface area contributed by atoms with Gasteiger partial charge in [-0.15, -0.1) is 0 Å². The molecule has 0 spiro atoms. The summed E-state index contributed by atoms with van der Waals surface area (Å²) in [6.45, 7) is 2.04. The minimum atomic E-state index is -3.47. The Morgan fingerprint density at radius 3 is 1.86 bits per heavy atom. The second-order valence-corrected chi connectivity index (χ2v) is 6.36. The van der Waals surface area contributed by atoms with Crippen molar-refractivity contribution >= 4 is 5.97 Å². The summed E-state index contributed by atoms with van der Waals surface area (Å²) in [4.78, 5) is 12.1. The Balaban J connectivity index is 1.86. The van der Waals surface area contributed by atoms with Crippen molar-refractivity contribution in [3.8, 4) is 5.75 Å². The molecule has 1 atom stereocenters. The number of alkyl halides is 2. The molecule has 3 nitrogen and oxygen atoms in total. The van der Waals surface area contributed by atoms with E-state index >= 15 is 0 Å². The third-order valence-corrected chi connectivity index (χ3v) is 4.48. The first-order valence-electron chi connectivity index (χ1n) is 8.37. The van der Waals surface area contributed by atoms with Crippen LogP contribution in [0.3, 0.4) is 0 Å². The summed E-state index contributed by atoms with van der Waals surface area (Å²) < 4.78 is 105. The van der Waals surface area contributed by atoms with Crippen molar-refractivity contribution in [1.29, 1.82) is 0 Å². The van der Waals surface area contributed by atoms with Gasteiger partial charge in [0.15, 0.2) is 23.3 Å². The summed E-state index contributed by atoms with van der Waals surface area (Å²) in [6, 6.07) is 5.20. The van der Waals surface area contributed by atoms with Crippen LogP contribution in [0.2, 0.25) is 0 Å². The molecule has 0 heterocycles. The highest BCUT2D eigenvalue weighted by atomic mass is 19.3. The summed E-state index contributed by atoms with van der Waals surface area (Å²) in [7, 11) is 0. The maximum atomic E-state index is 14.0. The third-order valence-electron chi connectivity index (χ3n) is 4.48. The number of carbonyl (C=O) groups is 1. The third kappa shape index (κ3) is 3.51. The van der Waals surface area contributed by atoms with E-state index in [1.807, 2.05) is 0 Å². The molecule has 0 N–H and O–H groups in total. The van der Waals surface area contributed by atoms with Crippen LogP contribution in [0, 0.1) is 29.1 Å². The minimum Gasteiger partial charge on any atom is -0.494 e. The zero-order chi connectivity index (χ0) is 21.6. The molecule has 0 aromatic heterocycles. The molecule has 0 amide bonds. The van der Waals surface area contributed by atoms with E-state index in [4.69, 9.17) is 9.47 Å². The van der Waals surface area contributed by atoms with Gasteiger partial charge >= 0.3 is 5.97 Å². The summed E-state index contributed by atoms with van der Waals surface area (Å²) in [5.74, 6) is -16.0. The van der Waals surface area contributed by atoms with Gasteiger partial charge < -0.3 is 9.47 Å². The highest BCUT2D eigenvalue weighted by molar-refractivity contribution is 5.74. The van der Waals surface area contributed by atoms with Crippen molar-refractivity contribution in [3.05, 3.63) is 64.5 Å². The summed E-state index contributed by atoms with van der Waals surface area (Å²) >= 11 is 0. The molecule has 0 aliphatic heterocycles. The van der Waals surface area contributed by atoms with Crippen LogP contribution in [0.4, 0.5) is 30.7 Å². The van der Waals surface area contributed by atoms with Crippen molar-refractivity contribution in [1.82, 2.24) is 0 Å². The quantitative estimate of drug-likeness (QED) is 0.290. The predicted molar refractivity (Wildman–Crippen MR) is 84.9 cm³/mol. The van der Waals surface area contributed by atoms with E-state index in [2.05, 4.69) is 0 Å². The molecule has 0 bridgehead atoms. The number of esters is 1. The average Bonchev–Trinajstić information content (AvgIpc) is 3.24. The van der Waals surface area contributed by atoms with Gasteiger partial charge in [0.05, 0.1) is 19.4 Å². The molecule has 1 unspecified atom stereocenters. The molecule has 29 heavy (non-hydrogen) atoms. The van der Waals surface area contributed by atoms with Crippen LogP contribution in [0.1, 0.15) is 24.5 Å². The molecule has 1 aliphatic carbocycles. The zero-order valence-corrected chi connectivity index (χ0v) is 14.8. The molecular weight excluding hydrogens is 409 g/mol. The molecule has 1 saturated carbocycles. The Hall–Kier alpha value is -2.78. The van der Waals surface area contributed by atoms with Gasteiger partial charge in [-0.2, -0.15) is 0 Å². The maximum Gasteiger partial charge on any atom is 0.311 e. The molecule has 3 rings (SSSR count). The lowest BCUT2D eigenvalue weighted by atomic mass is 10.1. The Bertz CT molecular complexity index is 930. The van der Waals surface area contributed by atoms with E-state index < -0.39 is 65.0 Å². The van der Waals surface area contributed by atoms with Crippen molar-refractivity contribution < 1.29 is 45.0 Å². The van der Waals surface area contributed by atoms with Gasteiger partial charge in [0.25, 0.3) is 5.92 Å². The Labute approximate surface area is 160 Å². The molecule has 0 radical (unpaired) electrons. The van der Waals surface area contributed by atoms with Crippen LogP contribution in [0.15, 0.2) is 24.3 Å². The predicted octanol–water partition coefficient (Wildman–Crippen LogP) is 4.80. The maximum absolute atomic E-state index is 14.0. The molecule has 0 saturated heterocycles. The number of rotatable bonds is 6. The lowest BCUT2D eigenvalue weighted by Crippen LogP contribution is -2.26. The second kappa shape index (κ2) is 7.23.